The third-order valence-corrected chi connectivity index (χ3v) is 5.41. The molecular weight excluding hydrogens is 461 g/mol. The maximum atomic E-state index is 4.50. The van der Waals surface area contributed by atoms with Crippen LogP contribution in [-0.4, -0.2) is 47.3 Å². The molecule has 3 aromatic rings. The van der Waals surface area contributed by atoms with E-state index in [-0.39, 0.29) is 24.0 Å². The van der Waals surface area contributed by atoms with Crippen LogP contribution in [0.25, 0.3) is 10.8 Å². The highest BCUT2D eigenvalue weighted by atomic mass is 127. The van der Waals surface area contributed by atoms with Crippen LogP contribution in [0.15, 0.2) is 59.9 Å². The van der Waals surface area contributed by atoms with E-state index < -0.39 is 0 Å². The zero-order valence-corrected chi connectivity index (χ0v) is 18.8. The van der Waals surface area contributed by atoms with Crippen LogP contribution in [-0.2, 0) is 13.5 Å². The van der Waals surface area contributed by atoms with Crippen molar-refractivity contribution in [3.8, 4) is 0 Å². The van der Waals surface area contributed by atoms with Gasteiger partial charge in [-0.25, -0.2) is 0 Å². The number of aryl methyl sites for hydroxylation is 1. The summed E-state index contributed by atoms with van der Waals surface area (Å²) in [6.45, 7) is 2.93. The van der Waals surface area contributed by atoms with Crippen LogP contribution < -0.4 is 5.32 Å². The molecule has 5 nitrogen and oxygen atoms in total. The number of nitrogens with one attached hydrogen (secondary N) is 1. The van der Waals surface area contributed by atoms with Crippen molar-refractivity contribution in [2.45, 2.75) is 18.8 Å². The Labute approximate surface area is 183 Å². The van der Waals surface area contributed by atoms with Crippen LogP contribution >= 0.6 is 24.0 Å². The Morgan fingerprint density at radius 1 is 1.21 bits per heavy atom. The molecule has 0 bridgehead atoms. The van der Waals surface area contributed by atoms with Crippen molar-refractivity contribution in [1.82, 2.24) is 20.0 Å². The van der Waals surface area contributed by atoms with E-state index >= 15 is 0 Å². The second-order valence-electron chi connectivity index (χ2n) is 7.28. The molecule has 0 amide bonds. The van der Waals surface area contributed by atoms with Gasteiger partial charge in [-0.1, -0.05) is 42.5 Å². The lowest BCUT2D eigenvalue weighted by Crippen LogP contribution is -2.40. The average molecular weight is 489 g/mol. The molecule has 6 heteroatoms. The van der Waals surface area contributed by atoms with Gasteiger partial charge in [-0.2, -0.15) is 5.10 Å². The molecule has 1 aliphatic heterocycles. The molecule has 2 heterocycles. The molecule has 1 saturated heterocycles. The standard InChI is InChI=1S/C22H27N5.HI/c1-23-22(27-12-10-20(16-27)21-14-25-26(2)15-21)24-11-9-17-7-8-18-5-3-4-6-19(18)13-17;/h3-8,13-15,20H,9-12,16H2,1-2H3,(H,23,24);1H. The Morgan fingerprint density at radius 3 is 2.79 bits per heavy atom. The summed E-state index contributed by atoms with van der Waals surface area (Å²) in [5.41, 5.74) is 2.68. The number of nitrogens with zero attached hydrogens (tertiary/aromatic N) is 4. The van der Waals surface area contributed by atoms with E-state index in [0.717, 1.165) is 38.4 Å². The molecule has 1 atom stereocenters. The number of likely N-dealkylation sites (tertiary alicyclic amines) is 1. The van der Waals surface area contributed by atoms with Gasteiger partial charge < -0.3 is 10.2 Å². The van der Waals surface area contributed by atoms with Crippen molar-refractivity contribution in [2.75, 3.05) is 26.7 Å². The van der Waals surface area contributed by atoms with Crippen molar-refractivity contribution >= 4 is 40.7 Å². The van der Waals surface area contributed by atoms with Crippen molar-refractivity contribution in [2.24, 2.45) is 12.0 Å². The molecule has 148 valence electrons. The van der Waals surface area contributed by atoms with Gasteiger partial charge in [0.1, 0.15) is 0 Å². The van der Waals surface area contributed by atoms with E-state index in [1.54, 1.807) is 0 Å². The minimum Gasteiger partial charge on any atom is -0.356 e. The normalized spacial score (nSPS) is 17.0. The second-order valence-corrected chi connectivity index (χ2v) is 7.28. The number of aliphatic imine (C=N–C) groups is 1. The highest BCUT2D eigenvalue weighted by Gasteiger charge is 2.26. The molecule has 1 N–H and O–H groups in total. The summed E-state index contributed by atoms with van der Waals surface area (Å²) >= 11 is 0. The fraction of sp³-hybridized carbons (Fsp3) is 0.364. The fourth-order valence-electron chi connectivity index (χ4n) is 3.92. The predicted molar refractivity (Wildman–Crippen MR) is 127 cm³/mol. The first-order valence-corrected chi connectivity index (χ1v) is 9.65. The summed E-state index contributed by atoms with van der Waals surface area (Å²) in [5.74, 6) is 1.54. The molecule has 2 aromatic carbocycles. The summed E-state index contributed by atoms with van der Waals surface area (Å²) in [6, 6.07) is 15.2. The molecule has 0 radical (unpaired) electrons. The average Bonchev–Trinajstić information content (AvgIpc) is 3.34. The quantitative estimate of drug-likeness (QED) is 0.345. The Balaban J connectivity index is 0.00000225. The molecule has 0 aliphatic carbocycles. The van der Waals surface area contributed by atoms with Crippen molar-refractivity contribution in [3.05, 3.63) is 66.0 Å². The molecule has 1 aliphatic rings. The number of fused-ring (bicyclic) bond motifs is 1. The smallest absolute Gasteiger partial charge is 0.193 e. The maximum Gasteiger partial charge on any atom is 0.193 e. The number of hydrogen-bond donors (Lipinski definition) is 1. The SMILES string of the molecule is CN=C(NCCc1ccc2ccccc2c1)N1CCC(c2cnn(C)c2)C1.I. The Bertz CT molecular complexity index is 949. The van der Waals surface area contributed by atoms with E-state index in [9.17, 15) is 0 Å². The van der Waals surface area contributed by atoms with E-state index in [4.69, 9.17) is 0 Å². The number of hydrogen-bond acceptors (Lipinski definition) is 2. The minimum atomic E-state index is 0. The largest absolute Gasteiger partial charge is 0.356 e. The monoisotopic (exact) mass is 489 g/mol. The molecule has 1 aromatic heterocycles. The van der Waals surface area contributed by atoms with E-state index in [1.165, 1.54) is 21.9 Å². The number of aromatic nitrogens is 2. The van der Waals surface area contributed by atoms with Gasteiger partial charge in [0.25, 0.3) is 0 Å². The van der Waals surface area contributed by atoms with Crippen molar-refractivity contribution in [3.63, 3.8) is 0 Å². The first-order valence-electron chi connectivity index (χ1n) is 9.65. The van der Waals surface area contributed by atoms with Crippen LogP contribution in [0.3, 0.4) is 0 Å². The summed E-state index contributed by atoms with van der Waals surface area (Å²) in [4.78, 5) is 6.85. The molecule has 0 spiro atoms. The molecule has 0 saturated carbocycles. The molecule has 1 fully saturated rings. The molecule has 1 unspecified atom stereocenters. The lowest BCUT2D eigenvalue weighted by atomic mass is 10.0. The van der Waals surface area contributed by atoms with Crippen molar-refractivity contribution in [1.29, 1.82) is 0 Å². The van der Waals surface area contributed by atoms with Gasteiger partial charge >= 0.3 is 0 Å². The highest BCUT2D eigenvalue weighted by molar-refractivity contribution is 14.0. The van der Waals surface area contributed by atoms with E-state index in [0.29, 0.717) is 5.92 Å². The summed E-state index contributed by atoms with van der Waals surface area (Å²) in [5, 5.41) is 10.4. The van der Waals surface area contributed by atoms with Gasteiger partial charge in [0.05, 0.1) is 6.20 Å². The number of rotatable bonds is 4. The Hall–Kier alpha value is -2.09. The zero-order valence-electron chi connectivity index (χ0n) is 16.5. The Kier molecular flexibility index (Phi) is 6.93. The van der Waals surface area contributed by atoms with Gasteiger partial charge in [0, 0.05) is 45.8 Å². The third-order valence-electron chi connectivity index (χ3n) is 5.41. The number of halogens is 1. The van der Waals surface area contributed by atoms with Gasteiger partial charge in [-0.3, -0.25) is 9.67 Å². The van der Waals surface area contributed by atoms with E-state index in [1.807, 2.05) is 25.0 Å². The lowest BCUT2D eigenvalue weighted by Gasteiger charge is -2.21. The third kappa shape index (κ3) is 4.66. The summed E-state index contributed by atoms with van der Waals surface area (Å²) in [7, 11) is 3.85. The van der Waals surface area contributed by atoms with Gasteiger partial charge in [0.15, 0.2) is 5.96 Å². The molecule has 4 rings (SSSR count). The highest BCUT2D eigenvalue weighted by Crippen LogP contribution is 2.26. The van der Waals surface area contributed by atoms with Crippen molar-refractivity contribution < 1.29 is 0 Å². The van der Waals surface area contributed by atoms with Gasteiger partial charge in [-0.15, -0.1) is 24.0 Å². The van der Waals surface area contributed by atoms with Gasteiger partial charge in [-0.05, 0) is 34.7 Å². The van der Waals surface area contributed by atoms with Gasteiger partial charge in [0.2, 0.25) is 0 Å². The van der Waals surface area contributed by atoms with Crippen LogP contribution in [0.1, 0.15) is 23.5 Å². The number of guanidine groups is 1. The lowest BCUT2D eigenvalue weighted by molar-refractivity contribution is 0.486. The summed E-state index contributed by atoms with van der Waals surface area (Å²) in [6.07, 6.45) is 6.26. The fourth-order valence-corrected chi connectivity index (χ4v) is 3.92. The maximum absolute atomic E-state index is 4.50. The zero-order chi connectivity index (χ0) is 18.6. The van der Waals surface area contributed by atoms with Crippen LogP contribution in [0.2, 0.25) is 0 Å². The summed E-state index contributed by atoms with van der Waals surface area (Å²) < 4.78 is 1.88. The van der Waals surface area contributed by atoms with Crippen LogP contribution in [0.4, 0.5) is 0 Å². The van der Waals surface area contributed by atoms with E-state index in [2.05, 4.69) is 69.0 Å². The second kappa shape index (κ2) is 9.41. The first kappa shape index (κ1) is 20.6. The predicted octanol–water partition coefficient (Wildman–Crippen LogP) is 3.80. The molecule has 28 heavy (non-hydrogen) atoms. The van der Waals surface area contributed by atoms with Crippen LogP contribution in [0.5, 0.6) is 0 Å². The van der Waals surface area contributed by atoms with Crippen LogP contribution in [0, 0.1) is 0 Å². The molecular formula is C22H28IN5. The Morgan fingerprint density at radius 2 is 2.04 bits per heavy atom. The first-order chi connectivity index (χ1) is 13.2. The number of benzene rings is 2. The topological polar surface area (TPSA) is 45.5 Å². The minimum absolute atomic E-state index is 0.